The molecule has 2 atom stereocenters. The zero-order chi connectivity index (χ0) is 13.8. The molecule has 0 heterocycles. The van der Waals surface area contributed by atoms with Gasteiger partial charge in [0.1, 0.15) is 0 Å². The average Bonchev–Trinajstić information content (AvgIpc) is 2.92. The van der Waals surface area contributed by atoms with E-state index in [1.165, 1.54) is 0 Å². The molecule has 3 nitrogen and oxygen atoms in total. The molecule has 0 aromatic heterocycles. The average molecular weight is 324 g/mol. The molecule has 1 aromatic rings. The molecule has 0 fully saturated rings. The zero-order valence-electron chi connectivity index (χ0n) is 10.9. The molecule has 2 rings (SSSR count). The normalized spacial score (nSPS) is 17.7. The highest BCUT2D eigenvalue weighted by molar-refractivity contribution is 9.10. The summed E-state index contributed by atoms with van der Waals surface area (Å²) in [6.45, 7) is 1.82. The molecule has 1 amide bonds. The number of hydrogen-bond acceptors (Lipinski definition) is 2. The summed E-state index contributed by atoms with van der Waals surface area (Å²) in [6.07, 6.45) is 4.15. The molecular formula is C15H18BrNO2. The minimum atomic E-state index is -0.695. The topological polar surface area (TPSA) is 49.3 Å². The molecule has 0 saturated heterocycles. The Balaban J connectivity index is 1.97. The van der Waals surface area contributed by atoms with Crippen molar-refractivity contribution in [1.82, 2.24) is 5.32 Å². The Bertz CT molecular complexity index is 481. The minimum absolute atomic E-state index is 0.0545. The molecule has 0 saturated carbocycles. The molecule has 0 aliphatic heterocycles. The van der Waals surface area contributed by atoms with Gasteiger partial charge in [0.2, 0.25) is 5.91 Å². The van der Waals surface area contributed by atoms with E-state index in [4.69, 9.17) is 0 Å². The van der Waals surface area contributed by atoms with Crippen molar-refractivity contribution >= 4 is 21.8 Å². The fraction of sp³-hybridized carbons (Fsp3) is 0.400. The van der Waals surface area contributed by atoms with Crippen LogP contribution in [0.1, 0.15) is 37.9 Å². The van der Waals surface area contributed by atoms with Crippen LogP contribution in [-0.4, -0.2) is 17.1 Å². The molecule has 102 valence electrons. The van der Waals surface area contributed by atoms with Crippen LogP contribution < -0.4 is 5.32 Å². The quantitative estimate of drug-likeness (QED) is 0.894. The van der Waals surface area contributed by atoms with Gasteiger partial charge in [0, 0.05) is 10.0 Å². The summed E-state index contributed by atoms with van der Waals surface area (Å²) in [7, 11) is 0. The number of aliphatic hydroxyl groups excluding tert-OH is 1. The second-order valence-corrected chi connectivity index (χ2v) is 5.80. The maximum absolute atomic E-state index is 11.9. The van der Waals surface area contributed by atoms with Gasteiger partial charge in [-0.1, -0.05) is 34.1 Å². The largest absolute Gasteiger partial charge is 0.386 e. The standard InChI is InChI=1S/C15H18BrNO2/c1-10(17-15(19)12-4-2-3-5-12)14(18)11-6-8-13(16)9-7-11/h4,6-10,14,18H,2-3,5H2,1H3,(H,17,19). The first kappa shape index (κ1) is 14.3. The third-order valence-electron chi connectivity index (χ3n) is 3.38. The number of aliphatic hydroxyl groups is 1. The number of hydrogen-bond donors (Lipinski definition) is 2. The number of allylic oxidation sites excluding steroid dienone is 1. The van der Waals surface area contributed by atoms with E-state index in [1.807, 2.05) is 37.3 Å². The van der Waals surface area contributed by atoms with Crippen molar-refractivity contribution in [2.75, 3.05) is 0 Å². The Morgan fingerprint density at radius 2 is 2.05 bits per heavy atom. The van der Waals surface area contributed by atoms with Crippen molar-refractivity contribution in [2.24, 2.45) is 0 Å². The highest BCUT2D eigenvalue weighted by Crippen LogP contribution is 2.21. The van der Waals surface area contributed by atoms with Gasteiger partial charge in [-0.2, -0.15) is 0 Å². The van der Waals surface area contributed by atoms with Gasteiger partial charge >= 0.3 is 0 Å². The lowest BCUT2D eigenvalue weighted by molar-refractivity contribution is -0.119. The smallest absolute Gasteiger partial charge is 0.247 e. The third kappa shape index (κ3) is 3.67. The van der Waals surface area contributed by atoms with Gasteiger partial charge in [-0.15, -0.1) is 0 Å². The molecule has 0 spiro atoms. The highest BCUT2D eigenvalue weighted by atomic mass is 79.9. The van der Waals surface area contributed by atoms with Gasteiger partial charge in [-0.25, -0.2) is 0 Å². The van der Waals surface area contributed by atoms with Crippen LogP contribution in [0.25, 0.3) is 0 Å². The molecular weight excluding hydrogens is 306 g/mol. The number of amides is 1. The van der Waals surface area contributed by atoms with Crippen LogP contribution in [0.5, 0.6) is 0 Å². The molecule has 1 aliphatic rings. The molecule has 1 aromatic carbocycles. The van der Waals surface area contributed by atoms with Gasteiger partial charge in [0.05, 0.1) is 12.1 Å². The van der Waals surface area contributed by atoms with Gasteiger partial charge in [0.25, 0.3) is 0 Å². The number of rotatable bonds is 4. The Labute approximate surface area is 121 Å². The van der Waals surface area contributed by atoms with Gasteiger partial charge in [-0.3, -0.25) is 4.79 Å². The summed E-state index contributed by atoms with van der Waals surface area (Å²) in [5.41, 5.74) is 1.64. The van der Waals surface area contributed by atoms with E-state index in [0.717, 1.165) is 34.9 Å². The molecule has 0 bridgehead atoms. The van der Waals surface area contributed by atoms with Crippen molar-refractivity contribution in [1.29, 1.82) is 0 Å². The fourth-order valence-electron chi connectivity index (χ4n) is 2.20. The van der Waals surface area contributed by atoms with Crippen LogP contribution in [0.3, 0.4) is 0 Å². The van der Waals surface area contributed by atoms with Crippen molar-refractivity contribution < 1.29 is 9.90 Å². The van der Waals surface area contributed by atoms with E-state index in [9.17, 15) is 9.90 Å². The lowest BCUT2D eigenvalue weighted by atomic mass is 10.0. The van der Waals surface area contributed by atoms with Crippen LogP contribution in [0, 0.1) is 0 Å². The molecule has 0 radical (unpaired) electrons. The van der Waals surface area contributed by atoms with Crippen LogP contribution in [-0.2, 0) is 4.79 Å². The van der Waals surface area contributed by atoms with Crippen LogP contribution >= 0.6 is 15.9 Å². The van der Waals surface area contributed by atoms with E-state index in [2.05, 4.69) is 21.2 Å². The monoisotopic (exact) mass is 323 g/mol. The lowest BCUT2D eigenvalue weighted by Crippen LogP contribution is -2.37. The van der Waals surface area contributed by atoms with Crippen LogP contribution in [0.4, 0.5) is 0 Å². The molecule has 2 N–H and O–H groups in total. The summed E-state index contributed by atoms with van der Waals surface area (Å²) in [4.78, 5) is 11.9. The summed E-state index contributed by atoms with van der Waals surface area (Å²) in [5.74, 6) is -0.0545. The number of carbonyl (C=O) groups excluding carboxylic acids is 1. The number of benzene rings is 1. The van der Waals surface area contributed by atoms with Crippen LogP contribution in [0.15, 0.2) is 40.4 Å². The molecule has 19 heavy (non-hydrogen) atoms. The van der Waals surface area contributed by atoms with Gasteiger partial charge in [-0.05, 0) is 43.9 Å². The molecule has 1 aliphatic carbocycles. The first-order chi connectivity index (χ1) is 9.08. The predicted molar refractivity (Wildman–Crippen MR) is 78.6 cm³/mol. The Morgan fingerprint density at radius 1 is 1.37 bits per heavy atom. The summed E-state index contributed by atoms with van der Waals surface area (Å²) >= 11 is 3.36. The Hall–Kier alpha value is -1.13. The third-order valence-corrected chi connectivity index (χ3v) is 3.91. The number of halogens is 1. The van der Waals surface area contributed by atoms with Gasteiger partial charge < -0.3 is 10.4 Å². The maximum atomic E-state index is 11.9. The number of nitrogens with one attached hydrogen (secondary N) is 1. The first-order valence-corrected chi connectivity index (χ1v) is 7.30. The minimum Gasteiger partial charge on any atom is -0.386 e. The van der Waals surface area contributed by atoms with E-state index in [1.54, 1.807) is 0 Å². The molecule has 4 heteroatoms. The zero-order valence-corrected chi connectivity index (χ0v) is 12.5. The van der Waals surface area contributed by atoms with Crippen molar-refractivity contribution in [3.63, 3.8) is 0 Å². The maximum Gasteiger partial charge on any atom is 0.247 e. The lowest BCUT2D eigenvalue weighted by Gasteiger charge is -2.21. The second-order valence-electron chi connectivity index (χ2n) is 4.88. The Kier molecular flexibility index (Phi) is 4.77. The van der Waals surface area contributed by atoms with Crippen LogP contribution in [0.2, 0.25) is 0 Å². The van der Waals surface area contributed by atoms with Gasteiger partial charge in [0.15, 0.2) is 0 Å². The van der Waals surface area contributed by atoms with E-state index in [-0.39, 0.29) is 11.9 Å². The second kappa shape index (κ2) is 6.35. The number of carbonyl (C=O) groups is 1. The van der Waals surface area contributed by atoms with E-state index >= 15 is 0 Å². The predicted octanol–water partition coefficient (Wildman–Crippen LogP) is 3.10. The summed E-state index contributed by atoms with van der Waals surface area (Å²) in [6, 6.07) is 7.16. The van der Waals surface area contributed by atoms with Crippen molar-refractivity contribution in [3.8, 4) is 0 Å². The van der Waals surface area contributed by atoms with Crippen molar-refractivity contribution in [3.05, 3.63) is 46.0 Å². The Morgan fingerprint density at radius 3 is 2.63 bits per heavy atom. The first-order valence-electron chi connectivity index (χ1n) is 6.51. The van der Waals surface area contributed by atoms with E-state index < -0.39 is 6.10 Å². The van der Waals surface area contributed by atoms with E-state index in [0.29, 0.717) is 0 Å². The summed E-state index contributed by atoms with van der Waals surface area (Å²) < 4.78 is 0.969. The highest BCUT2D eigenvalue weighted by Gasteiger charge is 2.21. The SMILES string of the molecule is CC(NC(=O)C1=CCCC1)C(O)c1ccc(Br)cc1. The summed E-state index contributed by atoms with van der Waals surface area (Å²) in [5, 5.41) is 13.1. The molecule has 2 unspecified atom stereocenters. The fourth-order valence-corrected chi connectivity index (χ4v) is 2.47. The van der Waals surface area contributed by atoms with Crippen molar-refractivity contribution in [2.45, 2.75) is 38.3 Å².